The van der Waals surface area contributed by atoms with Gasteiger partial charge in [-0.25, -0.2) is 4.39 Å². The maximum Gasteiger partial charge on any atom is 0.309 e. The van der Waals surface area contributed by atoms with E-state index in [1.165, 1.54) is 0 Å². The van der Waals surface area contributed by atoms with Gasteiger partial charge in [0.25, 0.3) is 0 Å². The molecule has 0 heterocycles. The lowest BCUT2D eigenvalue weighted by molar-refractivity contribution is -0.159. The second-order valence-corrected chi connectivity index (χ2v) is 7.09. The molecule has 5 heteroatoms. The Bertz CT molecular complexity index is 483. The first kappa shape index (κ1) is 18.2. The van der Waals surface area contributed by atoms with Crippen LogP contribution in [0.3, 0.4) is 0 Å². The Morgan fingerprint density at radius 2 is 2.05 bits per heavy atom. The van der Waals surface area contributed by atoms with Crippen LogP contribution in [0.1, 0.15) is 33.3 Å². The van der Waals surface area contributed by atoms with Gasteiger partial charge < -0.3 is 9.47 Å². The highest BCUT2D eigenvalue weighted by molar-refractivity contribution is 14.1. The Kier molecular flexibility index (Phi) is 6.90. The summed E-state index contributed by atoms with van der Waals surface area (Å²) in [6, 6.07) is 5.57. The number of esters is 1. The van der Waals surface area contributed by atoms with Gasteiger partial charge in [-0.15, -0.1) is 0 Å². The van der Waals surface area contributed by atoms with Crippen LogP contribution < -0.4 is 4.74 Å². The van der Waals surface area contributed by atoms with Crippen molar-refractivity contribution >= 4 is 28.6 Å². The van der Waals surface area contributed by atoms with Gasteiger partial charge >= 0.3 is 5.97 Å². The highest BCUT2D eigenvalue weighted by atomic mass is 127. The number of alkyl halides is 1. The highest BCUT2D eigenvalue weighted by Gasteiger charge is 2.22. The number of ether oxygens (including phenoxy) is 2. The van der Waals surface area contributed by atoms with E-state index in [2.05, 4.69) is 22.6 Å². The maximum atomic E-state index is 12.1. The molecule has 0 fully saturated rings. The van der Waals surface area contributed by atoms with Gasteiger partial charge in [-0.1, -0.05) is 6.92 Å². The summed E-state index contributed by atoms with van der Waals surface area (Å²) in [6.45, 7) is 6.93. The lowest BCUT2D eigenvalue weighted by atomic mass is 10.0. The molecular formula is C16H22FIO3. The molecule has 0 saturated heterocycles. The zero-order valence-electron chi connectivity index (χ0n) is 12.9. The summed E-state index contributed by atoms with van der Waals surface area (Å²) < 4.78 is 23.9. The number of carbonyl (C=O) groups is 1. The van der Waals surface area contributed by atoms with Crippen LogP contribution in [0.4, 0.5) is 4.39 Å². The van der Waals surface area contributed by atoms with Crippen LogP contribution in [0.15, 0.2) is 18.2 Å². The van der Waals surface area contributed by atoms with Crippen molar-refractivity contribution < 1.29 is 18.7 Å². The summed E-state index contributed by atoms with van der Waals surface area (Å²) in [4.78, 5) is 12.0. The SMILES string of the molecule is C[C@@H](Cc1cc(OCCF)ccc1I)C(=O)OC(C)(C)C. The lowest BCUT2D eigenvalue weighted by Gasteiger charge is -2.22. The molecule has 0 amide bonds. The zero-order chi connectivity index (χ0) is 16.0. The van der Waals surface area contributed by atoms with E-state index < -0.39 is 12.3 Å². The van der Waals surface area contributed by atoms with Crippen molar-refractivity contribution in [3.63, 3.8) is 0 Å². The summed E-state index contributed by atoms with van der Waals surface area (Å²) in [5, 5.41) is 0. The van der Waals surface area contributed by atoms with Gasteiger partial charge in [-0.2, -0.15) is 0 Å². The first-order valence-electron chi connectivity index (χ1n) is 6.93. The van der Waals surface area contributed by atoms with Crippen molar-refractivity contribution in [2.24, 2.45) is 5.92 Å². The van der Waals surface area contributed by atoms with E-state index in [0.29, 0.717) is 12.2 Å². The number of hydrogen-bond donors (Lipinski definition) is 0. The molecule has 0 N–H and O–H groups in total. The average Bonchev–Trinajstić information content (AvgIpc) is 2.37. The monoisotopic (exact) mass is 408 g/mol. The predicted molar refractivity (Wildman–Crippen MR) is 89.3 cm³/mol. The molecule has 0 spiro atoms. The molecule has 1 aromatic rings. The quantitative estimate of drug-likeness (QED) is 0.524. The Balaban J connectivity index is 2.74. The Morgan fingerprint density at radius 3 is 2.62 bits per heavy atom. The van der Waals surface area contributed by atoms with Crippen LogP contribution in [-0.2, 0) is 16.0 Å². The fourth-order valence-corrected chi connectivity index (χ4v) is 2.33. The van der Waals surface area contributed by atoms with E-state index >= 15 is 0 Å². The van der Waals surface area contributed by atoms with Crippen LogP contribution >= 0.6 is 22.6 Å². The average molecular weight is 408 g/mol. The molecule has 0 unspecified atom stereocenters. The van der Waals surface area contributed by atoms with Crippen LogP contribution in [0.25, 0.3) is 0 Å². The molecule has 0 aromatic heterocycles. The smallest absolute Gasteiger partial charge is 0.309 e. The third-order valence-corrected chi connectivity index (χ3v) is 3.75. The molecule has 0 aliphatic carbocycles. The Hall–Kier alpha value is -0.850. The van der Waals surface area contributed by atoms with Crippen molar-refractivity contribution in [2.45, 2.75) is 39.7 Å². The third kappa shape index (κ3) is 6.63. The van der Waals surface area contributed by atoms with Gasteiger partial charge in [0.2, 0.25) is 0 Å². The number of carbonyl (C=O) groups excluding carboxylic acids is 1. The van der Waals surface area contributed by atoms with Gasteiger partial charge in [0.15, 0.2) is 0 Å². The molecule has 0 radical (unpaired) electrons. The number of rotatable bonds is 6. The molecule has 21 heavy (non-hydrogen) atoms. The molecule has 0 saturated carbocycles. The molecule has 0 aliphatic rings. The molecule has 3 nitrogen and oxygen atoms in total. The van der Waals surface area contributed by atoms with E-state index in [4.69, 9.17) is 9.47 Å². The van der Waals surface area contributed by atoms with Crippen LogP contribution in [0.5, 0.6) is 5.75 Å². The van der Waals surface area contributed by atoms with E-state index in [1.807, 2.05) is 39.8 Å². The summed E-state index contributed by atoms with van der Waals surface area (Å²) in [5.41, 5.74) is 0.523. The van der Waals surface area contributed by atoms with Crippen molar-refractivity contribution in [1.29, 1.82) is 0 Å². The van der Waals surface area contributed by atoms with Crippen LogP contribution in [-0.4, -0.2) is 24.9 Å². The Labute approximate surface area is 139 Å². The van der Waals surface area contributed by atoms with Crippen LogP contribution in [0.2, 0.25) is 0 Å². The summed E-state index contributed by atoms with van der Waals surface area (Å²) in [7, 11) is 0. The summed E-state index contributed by atoms with van der Waals surface area (Å²) in [5.74, 6) is 0.169. The van der Waals surface area contributed by atoms with Crippen molar-refractivity contribution in [3.8, 4) is 5.75 Å². The first-order valence-corrected chi connectivity index (χ1v) is 8.01. The number of hydrogen-bond acceptors (Lipinski definition) is 3. The predicted octanol–water partition coefficient (Wildman–Crippen LogP) is 4.16. The lowest BCUT2D eigenvalue weighted by Crippen LogP contribution is -2.28. The highest BCUT2D eigenvalue weighted by Crippen LogP contribution is 2.23. The van der Waals surface area contributed by atoms with Gasteiger partial charge in [0.05, 0.1) is 5.92 Å². The van der Waals surface area contributed by atoms with E-state index in [-0.39, 0.29) is 18.5 Å². The van der Waals surface area contributed by atoms with Gasteiger partial charge in [0.1, 0.15) is 24.6 Å². The number of halogens is 2. The fourth-order valence-electron chi connectivity index (χ4n) is 1.77. The third-order valence-electron chi connectivity index (χ3n) is 2.70. The molecule has 0 aliphatic heterocycles. The van der Waals surface area contributed by atoms with Crippen molar-refractivity contribution in [3.05, 3.63) is 27.3 Å². The topological polar surface area (TPSA) is 35.5 Å². The van der Waals surface area contributed by atoms with Gasteiger partial charge in [-0.05, 0) is 73.5 Å². The standard InChI is InChI=1S/C16H22FIO3/c1-11(15(19)21-16(2,3)4)9-12-10-13(20-8-7-17)5-6-14(12)18/h5-6,10-11H,7-9H2,1-4H3/t11-/m0/s1. The second-order valence-electron chi connectivity index (χ2n) is 5.93. The largest absolute Gasteiger partial charge is 0.491 e. The molecule has 1 aromatic carbocycles. The van der Waals surface area contributed by atoms with Crippen molar-refractivity contribution in [1.82, 2.24) is 0 Å². The Morgan fingerprint density at radius 1 is 1.38 bits per heavy atom. The minimum Gasteiger partial charge on any atom is -0.491 e. The minimum atomic E-state index is -0.518. The van der Waals surface area contributed by atoms with Crippen molar-refractivity contribution in [2.75, 3.05) is 13.3 Å². The molecular weight excluding hydrogens is 386 g/mol. The second kappa shape index (κ2) is 7.96. The maximum absolute atomic E-state index is 12.1. The first-order chi connectivity index (χ1) is 9.73. The van der Waals surface area contributed by atoms with Gasteiger partial charge in [-0.3, -0.25) is 4.79 Å². The molecule has 1 rings (SSSR count). The van der Waals surface area contributed by atoms with E-state index in [9.17, 15) is 9.18 Å². The summed E-state index contributed by atoms with van der Waals surface area (Å²) >= 11 is 2.22. The zero-order valence-corrected chi connectivity index (χ0v) is 15.1. The van der Waals surface area contributed by atoms with Crippen LogP contribution in [0, 0.1) is 9.49 Å². The molecule has 1 atom stereocenters. The number of benzene rings is 1. The van der Waals surface area contributed by atoms with E-state index in [0.717, 1.165) is 9.13 Å². The fraction of sp³-hybridized carbons (Fsp3) is 0.562. The molecule has 0 bridgehead atoms. The molecule has 118 valence electrons. The minimum absolute atomic E-state index is 0.0433. The van der Waals surface area contributed by atoms with E-state index in [1.54, 1.807) is 6.07 Å². The normalized spacial score (nSPS) is 12.9. The van der Waals surface area contributed by atoms with Gasteiger partial charge in [0, 0.05) is 3.57 Å². The summed E-state index contributed by atoms with van der Waals surface area (Å²) in [6.07, 6.45) is 0.569.